The molecule has 4 aliphatic rings. The third-order valence-electron chi connectivity index (χ3n) is 10.3. The number of hydrogen-bond donors (Lipinski definition) is 12. The van der Waals surface area contributed by atoms with Gasteiger partial charge in [0.2, 0.25) is 11.8 Å². The molecule has 3 amide bonds. The van der Waals surface area contributed by atoms with E-state index in [4.69, 9.17) is 42.6 Å². The van der Waals surface area contributed by atoms with Crippen molar-refractivity contribution in [3.63, 3.8) is 0 Å². The van der Waals surface area contributed by atoms with Gasteiger partial charge in [0, 0.05) is 21.0 Å². The molecule has 62 heavy (non-hydrogen) atoms. The Morgan fingerprint density at radius 2 is 1.08 bits per heavy atom. The van der Waals surface area contributed by atoms with E-state index < -0.39 is 178 Å². The van der Waals surface area contributed by atoms with Gasteiger partial charge in [-0.15, -0.1) is 0 Å². The van der Waals surface area contributed by atoms with Crippen LogP contribution in [0.25, 0.3) is 0 Å². The van der Waals surface area contributed by atoms with Gasteiger partial charge in [-0.3, -0.25) is 19.2 Å². The maximum atomic E-state index is 13.3. The number of ether oxygens (including phenoxy) is 9. The van der Waals surface area contributed by atoms with Gasteiger partial charge < -0.3 is 105 Å². The van der Waals surface area contributed by atoms with Crippen molar-refractivity contribution < 1.29 is 113 Å². The Morgan fingerprint density at radius 1 is 0.613 bits per heavy atom. The van der Waals surface area contributed by atoms with Crippen molar-refractivity contribution in [1.82, 2.24) is 16.0 Å². The first-order valence-corrected chi connectivity index (χ1v) is 19.6. The topological polar surface area (TPSA) is 387 Å². The zero-order valence-electron chi connectivity index (χ0n) is 34.9. The molecule has 4 aliphatic heterocycles. The molecule has 356 valence electrons. The second kappa shape index (κ2) is 21.6. The fraction of sp³-hybridized carbons (Fsp3) is 0.861. The molecule has 0 aliphatic carbocycles. The van der Waals surface area contributed by atoms with E-state index in [1.54, 1.807) is 20.8 Å². The minimum absolute atomic E-state index is 0.592. The Bertz CT molecular complexity index is 1550. The highest BCUT2D eigenvalue weighted by Gasteiger charge is 2.57. The number of aliphatic hydroxyl groups is 8. The van der Waals surface area contributed by atoms with Crippen LogP contribution in [0.3, 0.4) is 0 Å². The Balaban J connectivity index is 1.60. The number of carbonyl (C=O) groups is 5. The van der Waals surface area contributed by atoms with Gasteiger partial charge in [-0.25, -0.2) is 4.79 Å². The number of esters is 1. The summed E-state index contributed by atoms with van der Waals surface area (Å²) in [5.41, 5.74) is -0.896. The lowest BCUT2D eigenvalue weighted by molar-refractivity contribution is -0.366. The lowest BCUT2D eigenvalue weighted by atomic mass is 9.92. The number of rotatable bonds is 15. The summed E-state index contributed by atoms with van der Waals surface area (Å²) in [5, 5.41) is 104. The summed E-state index contributed by atoms with van der Waals surface area (Å²) in [6.07, 6.45) is -33.1. The van der Waals surface area contributed by atoms with E-state index in [-0.39, 0.29) is 0 Å². The van der Waals surface area contributed by atoms with Gasteiger partial charge in [-0.1, -0.05) is 0 Å². The fourth-order valence-electron chi connectivity index (χ4n) is 7.44. The number of aliphatic hydroxyl groups excluding tert-OH is 8. The summed E-state index contributed by atoms with van der Waals surface area (Å²) in [4.78, 5) is 62.8. The van der Waals surface area contributed by atoms with Crippen molar-refractivity contribution in [1.29, 1.82) is 0 Å². The largest absolute Gasteiger partial charge is 0.479 e. The van der Waals surface area contributed by atoms with E-state index in [1.807, 2.05) is 0 Å². The molecule has 0 aromatic rings. The average molecular weight is 902 g/mol. The standard InChI is InChI=1S/C36H59N3O23/c1-11-17(38-12(2)42)25(19(45)14(9-40)55-11)57-35-24(50)22(48)28(30(61-35)32(52)53)59-33-18(39-13(3)43)26(20(46)15(10-41)56-33)58-34-23(49)21(47)27(54-7)29(60-34)31(51)37-8-16(44)62-36(4,5)6/h11,14-15,17-30,33-35,40-41,45-50H,8-10H2,1-7H3,(H,37,51)(H,38,42)(H,39,43)(H,52,53). The van der Waals surface area contributed by atoms with Gasteiger partial charge in [0.1, 0.15) is 91.4 Å². The van der Waals surface area contributed by atoms with Gasteiger partial charge >= 0.3 is 11.9 Å². The molecule has 0 saturated carbocycles. The number of carboxylic acid groups (broad SMARTS) is 1. The lowest BCUT2D eigenvalue weighted by Crippen LogP contribution is -2.70. The molecule has 0 spiro atoms. The van der Waals surface area contributed by atoms with Crippen LogP contribution in [0.5, 0.6) is 0 Å². The summed E-state index contributed by atoms with van der Waals surface area (Å²) in [7, 11) is 1.09. The van der Waals surface area contributed by atoms with Gasteiger partial charge in [0.25, 0.3) is 5.91 Å². The number of amides is 3. The van der Waals surface area contributed by atoms with Crippen LogP contribution in [0, 0.1) is 0 Å². The molecule has 26 nitrogen and oxygen atoms in total. The van der Waals surface area contributed by atoms with Crippen LogP contribution in [-0.4, -0.2) is 231 Å². The third kappa shape index (κ3) is 12.1. The van der Waals surface area contributed by atoms with Gasteiger partial charge in [0.05, 0.1) is 25.4 Å². The quantitative estimate of drug-likeness (QED) is 0.0679. The van der Waals surface area contributed by atoms with E-state index in [9.17, 15) is 69.9 Å². The minimum Gasteiger partial charge on any atom is -0.479 e. The Labute approximate surface area is 354 Å². The van der Waals surface area contributed by atoms with Crippen molar-refractivity contribution in [3.05, 3.63) is 0 Å². The van der Waals surface area contributed by atoms with Crippen LogP contribution in [-0.2, 0) is 66.6 Å². The van der Waals surface area contributed by atoms with Crippen molar-refractivity contribution in [2.24, 2.45) is 0 Å². The van der Waals surface area contributed by atoms with Crippen molar-refractivity contribution in [2.45, 2.75) is 170 Å². The maximum absolute atomic E-state index is 13.3. The van der Waals surface area contributed by atoms with Crippen LogP contribution in [0.15, 0.2) is 0 Å². The number of carbonyl (C=O) groups excluding carboxylic acids is 4. The molecular formula is C36H59N3O23. The van der Waals surface area contributed by atoms with Crippen molar-refractivity contribution >= 4 is 29.7 Å². The SMILES string of the molecule is COC1C(C(=O)NCC(=O)OC(C)(C)C)OC(OC2C(O)C(CO)OC(OC3C(C(=O)O)OC(OC4C(O)C(CO)OC(C)C4NC(C)=O)C(O)C3O)C2NC(C)=O)C(O)C1O. The molecule has 4 saturated heterocycles. The second-order valence-corrected chi connectivity index (χ2v) is 16.2. The molecule has 12 N–H and O–H groups in total. The number of aliphatic carboxylic acids is 1. The first-order chi connectivity index (χ1) is 28.9. The second-order valence-electron chi connectivity index (χ2n) is 16.2. The predicted octanol–water partition coefficient (Wildman–Crippen LogP) is -7.18. The highest BCUT2D eigenvalue weighted by Crippen LogP contribution is 2.35. The zero-order valence-corrected chi connectivity index (χ0v) is 34.9. The Hall–Kier alpha value is -3.29. The molecule has 4 rings (SSSR count). The summed E-state index contributed by atoms with van der Waals surface area (Å²) < 4.78 is 50.4. The number of nitrogens with one attached hydrogen (secondary N) is 3. The first-order valence-electron chi connectivity index (χ1n) is 19.6. The number of hydrogen-bond acceptors (Lipinski definition) is 22. The monoisotopic (exact) mass is 901 g/mol. The maximum Gasteiger partial charge on any atom is 0.335 e. The van der Waals surface area contributed by atoms with Crippen LogP contribution >= 0.6 is 0 Å². The van der Waals surface area contributed by atoms with Crippen LogP contribution in [0.4, 0.5) is 0 Å². The average Bonchev–Trinajstić information content (AvgIpc) is 3.18. The van der Waals surface area contributed by atoms with Gasteiger partial charge in [-0.05, 0) is 27.7 Å². The molecule has 4 heterocycles. The number of carboxylic acids is 1. The summed E-state index contributed by atoms with van der Waals surface area (Å²) in [6, 6.07) is -2.91. The fourth-order valence-corrected chi connectivity index (χ4v) is 7.44. The van der Waals surface area contributed by atoms with E-state index in [2.05, 4.69) is 16.0 Å². The lowest BCUT2D eigenvalue weighted by Gasteiger charge is -2.50. The Morgan fingerprint density at radius 3 is 1.56 bits per heavy atom. The van der Waals surface area contributed by atoms with Crippen LogP contribution in [0.1, 0.15) is 41.5 Å². The molecule has 20 unspecified atom stereocenters. The minimum atomic E-state index is -2.25. The van der Waals surface area contributed by atoms with Crippen LogP contribution < -0.4 is 16.0 Å². The van der Waals surface area contributed by atoms with Crippen LogP contribution in [0.2, 0.25) is 0 Å². The molecular weight excluding hydrogens is 842 g/mol. The highest BCUT2D eigenvalue weighted by molar-refractivity contribution is 5.85. The molecule has 20 atom stereocenters. The predicted molar refractivity (Wildman–Crippen MR) is 198 cm³/mol. The van der Waals surface area contributed by atoms with E-state index >= 15 is 0 Å². The van der Waals surface area contributed by atoms with E-state index in [1.165, 1.54) is 6.92 Å². The zero-order chi connectivity index (χ0) is 46.5. The third-order valence-corrected chi connectivity index (χ3v) is 10.3. The van der Waals surface area contributed by atoms with Crippen molar-refractivity contribution in [2.75, 3.05) is 26.9 Å². The normalized spacial score (nSPS) is 41.4. The summed E-state index contributed by atoms with van der Waals surface area (Å²) >= 11 is 0. The smallest absolute Gasteiger partial charge is 0.335 e. The van der Waals surface area contributed by atoms with E-state index in [0.29, 0.717) is 0 Å². The van der Waals surface area contributed by atoms with Gasteiger partial charge in [-0.2, -0.15) is 0 Å². The molecule has 0 aromatic carbocycles. The molecule has 26 heteroatoms. The molecule has 4 fully saturated rings. The summed E-state index contributed by atoms with van der Waals surface area (Å²) in [5.74, 6) is -5.11. The Kier molecular flexibility index (Phi) is 17.9. The van der Waals surface area contributed by atoms with Crippen molar-refractivity contribution in [3.8, 4) is 0 Å². The highest BCUT2D eigenvalue weighted by atomic mass is 16.8. The first kappa shape index (κ1) is 51.3. The molecule has 0 radical (unpaired) electrons. The number of methoxy groups -OCH3 is 1. The molecule has 0 bridgehead atoms. The molecule has 0 aromatic heterocycles. The summed E-state index contributed by atoms with van der Waals surface area (Å²) in [6.45, 7) is 6.08. The van der Waals surface area contributed by atoms with Gasteiger partial charge in [0.15, 0.2) is 31.1 Å². The van der Waals surface area contributed by atoms with E-state index in [0.717, 1.165) is 21.0 Å².